The number of alkyl halides is 3. The molecule has 1 heterocycles. The van der Waals surface area contributed by atoms with Crippen LogP contribution in [0.15, 0.2) is 47.4 Å². The van der Waals surface area contributed by atoms with E-state index in [9.17, 15) is 17.4 Å². The Morgan fingerprint density at radius 3 is 2.41 bits per heavy atom. The van der Waals surface area contributed by atoms with Gasteiger partial charge in [-0.3, -0.25) is 0 Å². The van der Waals surface area contributed by atoms with Crippen LogP contribution in [0.3, 0.4) is 0 Å². The molecule has 0 radical (unpaired) electrons. The van der Waals surface area contributed by atoms with E-state index in [-0.39, 0.29) is 10.5 Å². The quantitative estimate of drug-likeness (QED) is 0.704. The van der Waals surface area contributed by atoms with Crippen molar-refractivity contribution < 1.29 is 22.1 Å². The summed E-state index contributed by atoms with van der Waals surface area (Å²) in [4.78, 5) is -0.0179. The number of benzene rings is 2. The minimum Gasteiger partial charge on any atom is -0.406 e. The summed E-state index contributed by atoms with van der Waals surface area (Å²) in [6.45, 7) is 0.975. The normalized spacial score (nSPS) is 22.4. The molecular formula is C17H17ClF3N3O2S. The molecule has 0 aliphatic carbocycles. The van der Waals surface area contributed by atoms with Crippen molar-refractivity contribution in [3.8, 4) is 5.75 Å². The SMILES string of the molecule is N=S(N)(=O)c1ccc(OC(F)(F)F)cc1[C@]1(c2ccc(Cl)cc2)CCNC1. The Hall–Kier alpha value is -1.81. The van der Waals surface area contributed by atoms with Crippen LogP contribution in [0.1, 0.15) is 17.5 Å². The van der Waals surface area contributed by atoms with Crippen molar-refractivity contribution in [2.45, 2.75) is 23.1 Å². The Kier molecular flexibility index (Phi) is 5.15. The number of ether oxygens (including phenoxy) is 1. The van der Waals surface area contributed by atoms with Gasteiger partial charge in [0.05, 0.1) is 4.90 Å². The number of hydrogen-bond acceptors (Lipinski definition) is 4. The Bertz CT molecular complexity index is 941. The molecule has 0 bridgehead atoms. The topological polar surface area (TPSA) is 88.2 Å². The summed E-state index contributed by atoms with van der Waals surface area (Å²) in [5.74, 6) is -0.454. The molecule has 10 heteroatoms. The monoisotopic (exact) mass is 419 g/mol. The van der Waals surface area contributed by atoms with E-state index in [2.05, 4.69) is 10.1 Å². The van der Waals surface area contributed by atoms with Gasteiger partial charge in [-0.15, -0.1) is 13.2 Å². The second-order valence-corrected chi connectivity index (χ2v) is 8.40. The zero-order chi connectivity index (χ0) is 19.9. The predicted octanol–water partition coefficient (Wildman–Crippen LogP) is 3.80. The predicted molar refractivity (Wildman–Crippen MR) is 96.2 cm³/mol. The van der Waals surface area contributed by atoms with Gasteiger partial charge < -0.3 is 10.1 Å². The van der Waals surface area contributed by atoms with Crippen LogP contribution in [0.4, 0.5) is 13.2 Å². The van der Waals surface area contributed by atoms with Gasteiger partial charge in [0.1, 0.15) is 15.7 Å². The van der Waals surface area contributed by atoms with Crippen LogP contribution >= 0.6 is 11.6 Å². The lowest BCUT2D eigenvalue weighted by Crippen LogP contribution is -2.33. The molecule has 1 unspecified atom stereocenters. The fourth-order valence-corrected chi connectivity index (χ4v) is 4.41. The minimum absolute atomic E-state index is 0.0179. The highest BCUT2D eigenvalue weighted by Gasteiger charge is 2.41. The summed E-state index contributed by atoms with van der Waals surface area (Å²) < 4.78 is 62.2. The summed E-state index contributed by atoms with van der Waals surface area (Å²) in [5, 5.41) is 9.25. The third kappa shape index (κ3) is 4.21. The van der Waals surface area contributed by atoms with Gasteiger partial charge >= 0.3 is 6.36 Å². The van der Waals surface area contributed by atoms with E-state index in [0.29, 0.717) is 24.5 Å². The first-order valence-corrected chi connectivity index (χ1v) is 9.95. The molecule has 2 aromatic carbocycles. The summed E-state index contributed by atoms with van der Waals surface area (Å²) in [6, 6.07) is 10.2. The smallest absolute Gasteiger partial charge is 0.406 e. The van der Waals surface area contributed by atoms with E-state index in [4.69, 9.17) is 21.5 Å². The Morgan fingerprint density at radius 2 is 1.89 bits per heavy atom. The van der Waals surface area contributed by atoms with Crippen molar-refractivity contribution in [3.05, 3.63) is 58.6 Å². The van der Waals surface area contributed by atoms with E-state index in [1.54, 1.807) is 24.3 Å². The largest absolute Gasteiger partial charge is 0.573 e. The summed E-state index contributed by atoms with van der Waals surface area (Å²) in [6.07, 6.45) is -4.35. The average molecular weight is 420 g/mol. The number of halogens is 4. The van der Waals surface area contributed by atoms with Gasteiger partial charge in [0.15, 0.2) is 0 Å². The Balaban J connectivity index is 2.24. The van der Waals surface area contributed by atoms with E-state index < -0.39 is 27.4 Å². The van der Waals surface area contributed by atoms with Crippen molar-refractivity contribution in [3.63, 3.8) is 0 Å². The second kappa shape index (κ2) is 6.97. The first-order chi connectivity index (χ1) is 12.5. The molecule has 5 nitrogen and oxygen atoms in total. The molecule has 1 aliphatic heterocycles. The minimum atomic E-state index is -4.87. The summed E-state index contributed by atoms with van der Waals surface area (Å²) in [7, 11) is -3.68. The molecule has 0 amide bonds. The highest BCUT2D eigenvalue weighted by Crippen LogP contribution is 2.43. The van der Waals surface area contributed by atoms with E-state index in [1.165, 1.54) is 12.1 Å². The van der Waals surface area contributed by atoms with Gasteiger partial charge in [0.2, 0.25) is 0 Å². The van der Waals surface area contributed by atoms with Crippen LogP contribution < -0.4 is 15.2 Å². The Labute approximate surface area is 159 Å². The van der Waals surface area contributed by atoms with Crippen molar-refractivity contribution in [1.82, 2.24) is 5.32 Å². The lowest BCUT2D eigenvalue weighted by Gasteiger charge is -2.32. The lowest BCUT2D eigenvalue weighted by atomic mass is 9.74. The summed E-state index contributed by atoms with van der Waals surface area (Å²) in [5.41, 5.74) is 0.235. The molecule has 0 aromatic heterocycles. The van der Waals surface area contributed by atoms with Crippen molar-refractivity contribution in [1.29, 1.82) is 4.78 Å². The van der Waals surface area contributed by atoms with E-state index in [0.717, 1.165) is 11.6 Å². The molecule has 0 spiro atoms. The fourth-order valence-electron chi connectivity index (χ4n) is 3.44. The third-order valence-corrected chi connectivity index (χ3v) is 5.84. The van der Waals surface area contributed by atoms with Crippen LogP contribution in [0.2, 0.25) is 5.02 Å². The van der Waals surface area contributed by atoms with Gasteiger partial charge in [0.25, 0.3) is 0 Å². The molecule has 146 valence electrons. The van der Waals surface area contributed by atoms with Gasteiger partial charge in [-0.05, 0) is 54.4 Å². The molecule has 4 N–H and O–H groups in total. The average Bonchev–Trinajstić information content (AvgIpc) is 3.03. The third-order valence-electron chi connectivity index (χ3n) is 4.58. The maximum absolute atomic E-state index is 12.7. The van der Waals surface area contributed by atoms with Gasteiger partial charge in [-0.1, -0.05) is 23.7 Å². The van der Waals surface area contributed by atoms with E-state index >= 15 is 0 Å². The zero-order valence-corrected chi connectivity index (χ0v) is 15.5. The van der Waals surface area contributed by atoms with Crippen LogP contribution in [0, 0.1) is 4.78 Å². The second-order valence-electron chi connectivity index (χ2n) is 6.32. The number of nitrogens with two attached hydrogens (primary N) is 1. The molecule has 27 heavy (non-hydrogen) atoms. The van der Waals surface area contributed by atoms with Gasteiger partial charge in [0, 0.05) is 17.0 Å². The number of nitrogens with one attached hydrogen (secondary N) is 2. The summed E-state index contributed by atoms with van der Waals surface area (Å²) >= 11 is 5.95. The van der Waals surface area contributed by atoms with Crippen LogP contribution in [0.5, 0.6) is 5.75 Å². The van der Waals surface area contributed by atoms with Crippen LogP contribution in [-0.4, -0.2) is 23.7 Å². The first-order valence-electron chi connectivity index (χ1n) is 7.95. The molecule has 0 saturated carbocycles. The number of rotatable bonds is 4. The van der Waals surface area contributed by atoms with Crippen LogP contribution in [0.25, 0.3) is 0 Å². The molecule has 2 atom stereocenters. The van der Waals surface area contributed by atoms with Gasteiger partial charge in [-0.2, -0.15) is 0 Å². The highest BCUT2D eigenvalue weighted by atomic mass is 35.5. The van der Waals surface area contributed by atoms with Crippen molar-refractivity contribution in [2.24, 2.45) is 5.14 Å². The van der Waals surface area contributed by atoms with Crippen molar-refractivity contribution in [2.75, 3.05) is 13.1 Å². The maximum atomic E-state index is 12.7. The molecular weight excluding hydrogens is 403 g/mol. The first kappa shape index (κ1) is 19.9. The number of hydrogen-bond donors (Lipinski definition) is 3. The van der Waals surface area contributed by atoms with Crippen molar-refractivity contribution >= 4 is 21.5 Å². The van der Waals surface area contributed by atoms with Crippen LogP contribution in [-0.2, 0) is 15.3 Å². The molecule has 3 rings (SSSR count). The molecule has 1 aliphatic rings. The highest BCUT2D eigenvalue weighted by molar-refractivity contribution is 7.90. The zero-order valence-electron chi connectivity index (χ0n) is 14.0. The van der Waals surface area contributed by atoms with Gasteiger partial charge in [-0.25, -0.2) is 14.1 Å². The Morgan fingerprint density at radius 1 is 1.22 bits per heavy atom. The fraction of sp³-hybridized carbons (Fsp3) is 0.294. The maximum Gasteiger partial charge on any atom is 0.573 e. The standard InChI is InChI=1S/C17H17ClF3N3O2S/c18-12-3-1-11(2-4-12)16(7-8-24-10-16)14-9-13(26-17(19,20)21)5-6-15(14)27(22,23)25/h1-6,9,24H,7-8,10H2,(H3,22,23,25)/t16-/m1/s1. The lowest BCUT2D eigenvalue weighted by molar-refractivity contribution is -0.274. The molecule has 2 aromatic rings. The molecule has 1 fully saturated rings. The molecule has 1 saturated heterocycles. The van der Waals surface area contributed by atoms with E-state index in [1.807, 2.05) is 0 Å².